The third kappa shape index (κ3) is 3.80. The summed E-state index contributed by atoms with van der Waals surface area (Å²) in [5, 5.41) is 2.83. The zero-order valence-corrected chi connectivity index (χ0v) is 13.3. The van der Waals surface area contributed by atoms with E-state index in [4.69, 9.17) is 9.15 Å². The van der Waals surface area contributed by atoms with Crippen LogP contribution in [-0.4, -0.2) is 40.1 Å². The molecule has 1 N–H and O–H groups in total. The minimum atomic E-state index is -0.129. The maximum Gasteiger partial charge on any atom is 0.317 e. The number of rotatable bonds is 4. The normalized spacial score (nSPS) is 17.3. The number of urea groups is 1. The second-order valence-corrected chi connectivity index (χ2v) is 5.57. The highest BCUT2D eigenvalue weighted by Gasteiger charge is 2.27. The lowest BCUT2D eigenvalue weighted by Crippen LogP contribution is -2.39. The molecule has 1 aliphatic rings. The van der Waals surface area contributed by atoms with Gasteiger partial charge in [-0.1, -0.05) is 0 Å². The summed E-state index contributed by atoms with van der Waals surface area (Å²) in [4.78, 5) is 22.2. The monoisotopic (exact) mass is 316 g/mol. The molecule has 2 amide bonds. The van der Waals surface area contributed by atoms with Gasteiger partial charge in [0.25, 0.3) is 0 Å². The van der Waals surface area contributed by atoms with Crippen molar-refractivity contribution in [1.29, 1.82) is 0 Å². The van der Waals surface area contributed by atoms with E-state index in [2.05, 4.69) is 15.3 Å². The van der Waals surface area contributed by atoms with Crippen molar-refractivity contribution >= 4 is 6.03 Å². The van der Waals surface area contributed by atoms with Crippen molar-refractivity contribution < 1.29 is 13.9 Å². The second kappa shape index (κ2) is 6.68. The summed E-state index contributed by atoms with van der Waals surface area (Å²) >= 11 is 0. The fourth-order valence-corrected chi connectivity index (χ4v) is 2.50. The Morgan fingerprint density at radius 3 is 3.09 bits per heavy atom. The van der Waals surface area contributed by atoms with E-state index in [1.807, 2.05) is 26.0 Å². The van der Waals surface area contributed by atoms with Gasteiger partial charge in [-0.2, -0.15) is 0 Å². The average Bonchev–Trinajstić information content (AvgIpc) is 3.13. The molecule has 1 fully saturated rings. The maximum atomic E-state index is 12.2. The van der Waals surface area contributed by atoms with Crippen molar-refractivity contribution in [2.24, 2.45) is 0 Å². The Morgan fingerprint density at radius 1 is 1.52 bits per heavy atom. The number of pyridine rings is 1. The molecule has 1 saturated heterocycles. The fraction of sp³-hybridized carbons (Fsp3) is 0.438. The van der Waals surface area contributed by atoms with Crippen LogP contribution in [0.1, 0.15) is 23.8 Å². The first-order chi connectivity index (χ1) is 11.1. The van der Waals surface area contributed by atoms with Crippen molar-refractivity contribution in [3.05, 3.63) is 41.9 Å². The summed E-state index contributed by atoms with van der Waals surface area (Å²) in [5.41, 5.74) is 0.848. The number of ether oxygens (including phenoxy) is 1. The largest absolute Gasteiger partial charge is 0.487 e. The van der Waals surface area contributed by atoms with E-state index >= 15 is 0 Å². The van der Waals surface area contributed by atoms with Crippen LogP contribution >= 0.6 is 0 Å². The van der Waals surface area contributed by atoms with Gasteiger partial charge in [0, 0.05) is 19.2 Å². The van der Waals surface area contributed by atoms with Gasteiger partial charge in [-0.15, -0.1) is 0 Å². The molecule has 0 radical (unpaired) electrons. The van der Waals surface area contributed by atoms with Crippen LogP contribution in [-0.2, 0) is 6.54 Å². The van der Waals surface area contributed by atoms with Gasteiger partial charge in [0.05, 0.1) is 25.0 Å². The molecule has 0 saturated carbocycles. The number of likely N-dealkylation sites (tertiary alicyclic amines) is 1. The van der Waals surface area contributed by atoms with Gasteiger partial charge in [0.15, 0.2) is 0 Å². The molecular weight excluding hydrogens is 296 g/mol. The van der Waals surface area contributed by atoms with Crippen molar-refractivity contribution in [3.63, 3.8) is 0 Å². The number of nitrogens with one attached hydrogen (secondary N) is 1. The molecule has 23 heavy (non-hydrogen) atoms. The van der Waals surface area contributed by atoms with Gasteiger partial charge in [0.2, 0.25) is 5.89 Å². The number of carbonyl (C=O) groups excluding carboxylic acids is 1. The first-order valence-electron chi connectivity index (χ1n) is 7.64. The highest BCUT2D eigenvalue weighted by Crippen LogP contribution is 2.17. The van der Waals surface area contributed by atoms with E-state index in [0.717, 1.165) is 23.6 Å². The summed E-state index contributed by atoms with van der Waals surface area (Å²) < 4.78 is 11.3. The number of aryl methyl sites for hydroxylation is 2. The summed E-state index contributed by atoms with van der Waals surface area (Å²) in [6.07, 6.45) is 4.18. The molecule has 0 spiro atoms. The second-order valence-electron chi connectivity index (χ2n) is 5.57. The highest BCUT2D eigenvalue weighted by atomic mass is 16.5. The van der Waals surface area contributed by atoms with Gasteiger partial charge < -0.3 is 19.4 Å². The smallest absolute Gasteiger partial charge is 0.317 e. The van der Waals surface area contributed by atoms with E-state index < -0.39 is 0 Å². The SMILES string of the molecule is Cc1nc(CNC(=O)N2CC[C@@H](Oc3cccnc3)C2)oc1C. The number of nitrogens with zero attached hydrogens (tertiary/aromatic N) is 3. The van der Waals surface area contributed by atoms with E-state index in [9.17, 15) is 4.79 Å². The maximum absolute atomic E-state index is 12.2. The Labute approximate surface area is 134 Å². The van der Waals surface area contributed by atoms with Crippen molar-refractivity contribution in [3.8, 4) is 5.75 Å². The summed E-state index contributed by atoms with van der Waals surface area (Å²) in [6.45, 7) is 5.25. The number of aromatic nitrogens is 2. The fourth-order valence-electron chi connectivity index (χ4n) is 2.50. The van der Waals surface area contributed by atoms with Crippen LogP contribution in [0, 0.1) is 13.8 Å². The number of hydrogen-bond donors (Lipinski definition) is 1. The molecule has 3 rings (SSSR count). The molecule has 0 aromatic carbocycles. The van der Waals surface area contributed by atoms with Crippen molar-refractivity contribution in [1.82, 2.24) is 20.2 Å². The average molecular weight is 316 g/mol. The Balaban J connectivity index is 1.47. The molecule has 2 aromatic rings. The van der Waals surface area contributed by atoms with E-state index in [1.54, 1.807) is 17.3 Å². The van der Waals surface area contributed by atoms with Gasteiger partial charge in [-0.05, 0) is 26.0 Å². The lowest BCUT2D eigenvalue weighted by atomic mass is 10.3. The summed E-state index contributed by atoms with van der Waals surface area (Å²) in [5.74, 6) is 2.03. The minimum absolute atomic E-state index is 0.00354. The molecule has 0 unspecified atom stereocenters. The van der Waals surface area contributed by atoms with Gasteiger partial charge in [-0.3, -0.25) is 4.98 Å². The first-order valence-corrected chi connectivity index (χ1v) is 7.64. The Kier molecular flexibility index (Phi) is 4.45. The lowest BCUT2D eigenvalue weighted by Gasteiger charge is -2.17. The number of hydrogen-bond acceptors (Lipinski definition) is 5. The number of oxazole rings is 1. The first kappa shape index (κ1) is 15.3. The molecule has 1 aliphatic heterocycles. The van der Waals surface area contributed by atoms with Crippen LogP contribution < -0.4 is 10.1 Å². The number of carbonyl (C=O) groups is 1. The van der Waals surface area contributed by atoms with Crippen LogP contribution in [0.4, 0.5) is 4.79 Å². The molecule has 122 valence electrons. The van der Waals surface area contributed by atoms with Crippen molar-refractivity contribution in [2.45, 2.75) is 32.9 Å². The van der Waals surface area contributed by atoms with E-state index in [-0.39, 0.29) is 18.7 Å². The van der Waals surface area contributed by atoms with Crippen LogP contribution in [0.5, 0.6) is 5.75 Å². The predicted molar refractivity (Wildman–Crippen MR) is 83.1 cm³/mol. The van der Waals surface area contributed by atoms with Crippen LogP contribution in [0.2, 0.25) is 0 Å². The van der Waals surface area contributed by atoms with Gasteiger partial charge in [0.1, 0.15) is 17.6 Å². The number of amides is 2. The summed E-state index contributed by atoms with van der Waals surface area (Å²) in [7, 11) is 0. The van der Waals surface area contributed by atoms with E-state index in [1.165, 1.54) is 0 Å². The lowest BCUT2D eigenvalue weighted by molar-refractivity contribution is 0.185. The summed E-state index contributed by atoms with van der Waals surface area (Å²) in [6, 6.07) is 3.56. The van der Waals surface area contributed by atoms with Crippen LogP contribution in [0.15, 0.2) is 28.9 Å². The van der Waals surface area contributed by atoms with Gasteiger partial charge >= 0.3 is 6.03 Å². The molecular formula is C16H20N4O3. The predicted octanol–water partition coefficient (Wildman–Crippen LogP) is 2.05. The van der Waals surface area contributed by atoms with E-state index in [0.29, 0.717) is 19.0 Å². The van der Waals surface area contributed by atoms with Crippen LogP contribution in [0.3, 0.4) is 0 Å². The minimum Gasteiger partial charge on any atom is -0.487 e. The molecule has 0 bridgehead atoms. The molecule has 2 aromatic heterocycles. The third-order valence-electron chi connectivity index (χ3n) is 3.83. The van der Waals surface area contributed by atoms with Crippen LogP contribution in [0.25, 0.3) is 0 Å². The standard InChI is InChI=1S/C16H20N4O3/c1-11-12(2)22-15(19-11)9-18-16(21)20-7-5-14(10-20)23-13-4-3-6-17-8-13/h3-4,6,8,14H,5,7,9-10H2,1-2H3,(H,18,21)/t14-/m1/s1. The third-order valence-corrected chi connectivity index (χ3v) is 3.83. The molecule has 7 heteroatoms. The quantitative estimate of drug-likeness (QED) is 0.933. The topological polar surface area (TPSA) is 80.5 Å². The Hall–Kier alpha value is -2.57. The zero-order chi connectivity index (χ0) is 16.2. The Bertz CT molecular complexity index is 652. The zero-order valence-electron chi connectivity index (χ0n) is 13.3. The molecule has 0 aliphatic carbocycles. The van der Waals surface area contributed by atoms with Crippen molar-refractivity contribution in [2.75, 3.05) is 13.1 Å². The molecule has 7 nitrogen and oxygen atoms in total. The molecule has 1 atom stereocenters. The Morgan fingerprint density at radius 2 is 2.39 bits per heavy atom. The highest BCUT2D eigenvalue weighted by molar-refractivity contribution is 5.74. The van der Waals surface area contributed by atoms with Gasteiger partial charge in [-0.25, -0.2) is 9.78 Å². The molecule has 3 heterocycles.